The number of carbonyl (C=O) groups is 1. The Bertz CT molecular complexity index is 611. The van der Waals surface area contributed by atoms with Crippen LogP contribution in [-0.4, -0.2) is 58.4 Å². The molecule has 2 aliphatic rings. The maximum absolute atomic E-state index is 13.0. The van der Waals surface area contributed by atoms with Gasteiger partial charge in [-0.2, -0.15) is 5.10 Å². The van der Waals surface area contributed by atoms with Crippen LogP contribution in [0.5, 0.6) is 0 Å². The first-order valence-corrected chi connectivity index (χ1v) is 9.12. The van der Waals surface area contributed by atoms with Gasteiger partial charge in [-0.15, -0.1) is 29.9 Å². The summed E-state index contributed by atoms with van der Waals surface area (Å²) in [7, 11) is 0. The maximum Gasteiger partial charge on any atom is 0.243 e. The molecular formula is C18H31Cl2N5O2. The first kappa shape index (κ1) is 23.9. The fourth-order valence-corrected chi connectivity index (χ4v) is 3.89. The van der Waals surface area contributed by atoms with E-state index in [9.17, 15) is 4.79 Å². The molecule has 7 nitrogen and oxygen atoms in total. The summed E-state index contributed by atoms with van der Waals surface area (Å²) in [5, 5.41) is 11.3. The third-order valence-electron chi connectivity index (χ3n) is 5.92. The van der Waals surface area contributed by atoms with E-state index in [0.717, 1.165) is 18.7 Å². The van der Waals surface area contributed by atoms with Crippen LogP contribution < -0.4 is 11.1 Å². The lowest BCUT2D eigenvalue weighted by Gasteiger charge is -2.59. The number of halogens is 2. The van der Waals surface area contributed by atoms with Crippen molar-refractivity contribution in [1.29, 1.82) is 0 Å². The molecule has 0 bridgehead atoms. The van der Waals surface area contributed by atoms with Crippen LogP contribution in [-0.2, 0) is 9.53 Å². The molecule has 154 valence electrons. The molecule has 2 heterocycles. The number of hydrogen-bond donors (Lipinski definition) is 2. The fourth-order valence-electron chi connectivity index (χ4n) is 3.89. The minimum absolute atomic E-state index is 0. The van der Waals surface area contributed by atoms with Gasteiger partial charge in [0.2, 0.25) is 5.91 Å². The van der Waals surface area contributed by atoms with E-state index >= 15 is 0 Å². The molecule has 1 amide bonds. The van der Waals surface area contributed by atoms with Crippen molar-refractivity contribution in [1.82, 2.24) is 15.1 Å². The van der Waals surface area contributed by atoms with E-state index in [0.29, 0.717) is 32.2 Å². The normalized spacial score (nSPS) is 27.0. The highest BCUT2D eigenvalue weighted by Gasteiger charge is 2.63. The van der Waals surface area contributed by atoms with Crippen molar-refractivity contribution in [2.45, 2.75) is 57.7 Å². The van der Waals surface area contributed by atoms with Gasteiger partial charge in [-0.1, -0.05) is 13.8 Å². The Labute approximate surface area is 173 Å². The molecule has 1 aromatic heterocycles. The van der Waals surface area contributed by atoms with Crippen molar-refractivity contribution in [3.63, 3.8) is 0 Å². The van der Waals surface area contributed by atoms with Crippen LogP contribution in [0.3, 0.4) is 0 Å². The molecule has 27 heavy (non-hydrogen) atoms. The summed E-state index contributed by atoms with van der Waals surface area (Å²) in [5.41, 5.74) is 5.37. The molecule has 1 aliphatic heterocycles. The van der Waals surface area contributed by atoms with E-state index < -0.39 is 5.54 Å². The van der Waals surface area contributed by atoms with Crippen LogP contribution in [0.15, 0.2) is 18.3 Å². The topological polar surface area (TPSA) is 93.4 Å². The number of nitrogens with one attached hydrogen (secondary N) is 1. The largest absolute Gasteiger partial charge is 0.378 e. The third-order valence-corrected chi connectivity index (χ3v) is 5.92. The van der Waals surface area contributed by atoms with E-state index in [1.807, 2.05) is 37.8 Å². The van der Waals surface area contributed by atoms with Gasteiger partial charge >= 0.3 is 0 Å². The second kappa shape index (κ2) is 9.37. The van der Waals surface area contributed by atoms with Gasteiger partial charge in [0.05, 0.1) is 6.10 Å². The number of anilines is 1. The monoisotopic (exact) mass is 419 g/mol. The minimum atomic E-state index is -0.821. The number of hydrogen-bond acceptors (Lipinski definition) is 6. The van der Waals surface area contributed by atoms with Gasteiger partial charge in [0.25, 0.3) is 0 Å². The van der Waals surface area contributed by atoms with Crippen molar-refractivity contribution >= 4 is 36.5 Å². The Morgan fingerprint density at radius 2 is 2.04 bits per heavy atom. The minimum Gasteiger partial charge on any atom is -0.378 e. The standard InChI is InChI=1S/C18H29N5O2.2ClH/c1-4-25-14-12-18(19,17(14,2)3)16(24)23-10-7-13(8-11-23)21-15-6-5-9-20-22-15;;/h5-6,9,13-14H,4,7-8,10-12,19H2,1-3H3,(H,21,22);2*1H. The summed E-state index contributed by atoms with van der Waals surface area (Å²) >= 11 is 0. The third kappa shape index (κ3) is 4.47. The molecule has 2 atom stereocenters. The summed E-state index contributed by atoms with van der Waals surface area (Å²) in [6.07, 6.45) is 4.08. The van der Waals surface area contributed by atoms with Crippen molar-refractivity contribution in [2.75, 3.05) is 25.0 Å². The van der Waals surface area contributed by atoms with Crippen LogP contribution in [0, 0.1) is 5.41 Å². The van der Waals surface area contributed by atoms with Crippen molar-refractivity contribution in [2.24, 2.45) is 11.1 Å². The van der Waals surface area contributed by atoms with Crippen molar-refractivity contribution in [3.05, 3.63) is 18.3 Å². The van der Waals surface area contributed by atoms with Crippen LogP contribution in [0.25, 0.3) is 0 Å². The van der Waals surface area contributed by atoms with Gasteiger partial charge in [0.15, 0.2) is 0 Å². The number of carbonyl (C=O) groups excluding carboxylic acids is 1. The fraction of sp³-hybridized carbons (Fsp3) is 0.722. The molecule has 1 aromatic rings. The Morgan fingerprint density at radius 3 is 2.56 bits per heavy atom. The summed E-state index contributed by atoms with van der Waals surface area (Å²) in [5.74, 6) is 0.841. The first-order valence-electron chi connectivity index (χ1n) is 9.12. The number of aromatic nitrogens is 2. The Hall–Kier alpha value is -1.15. The molecule has 0 aromatic carbocycles. The molecule has 3 rings (SSSR count). The van der Waals surface area contributed by atoms with E-state index in [1.54, 1.807) is 6.20 Å². The lowest BCUT2D eigenvalue weighted by atomic mass is 9.54. The summed E-state index contributed by atoms with van der Waals surface area (Å²) < 4.78 is 5.74. The Morgan fingerprint density at radius 1 is 1.37 bits per heavy atom. The van der Waals surface area contributed by atoms with E-state index in [4.69, 9.17) is 10.5 Å². The van der Waals surface area contributed by atoms with E-state index in [2.05, 4.69) is 15.5 Å². The molecule has 0 radical (unpaired) electrons. The highest BCUT2D eigenvalue weighted by atomic mass is 35.5. The van der Waals surface area contributed by atoms with Crippen molar-refractivity contribution in [3.8, 4) is 0 Å². The van der Waals surface area contributed by atoms with Gasteiger partial charge in [0, 0.05) is 43.8 Å². The number of rotatable bonds is 5. The number of nitrogens with zero attached hydrogens (tertiary/aromatic N) is 3. The second-order valence-electron chi connectivity index (χ2n) is 7.66. The number of likely N-dealkylation sites (tertiary alicyclic amines) is 1. The lowest BCUT2D eigenvalue weighted by molar-refractivity contribution is -0.180. The van der Waals surface area contributed by atoms with Gasteiger partial charge in [-0.05, 0) is 31.9 Å². The molecule has 3 N–H and O–H groups in total. The Balaban J connectivity index is 0.00000182. The number of nitrogens with two attached hydrogens (primary N) is 1. The molecule has 2 unspecified atom stereocenters. The molecule has 2 fully saturated rings. The zero-order chi connectivity index (χ0) is 18.1. The summed E-state index contributed by atoms with van der Waals surface area (Å²) in [6.45, 7) is 8.13. The number of amides is 1. The van der Waals surface area contributed by atoms with Crippen molar-refractivity contribution < 1.29 is 9.53 Å². The molecular weight excluding hydrogens is 389 g/mol. The molecule has 1 saturated carbocycles. The van der Waals surface area contributed by atoms with Crippen LogP contribution in [0.4, 0.5) is 5.82 Å². The molecule has 1 aliphatic carbocycles. The lowest BCUT2D eigenvalue weighted by Crippen LogP contribution is -2.76. The number of ether oxygens (including phenoxy) is 1. The van der Waals surface area contributed by atoms with Crippen LogP contribution in [0.1, 0.15) is 40.0 Å². The SMILES string of the molecule is CCOC1CC(N)(C(=O)N2CCC(Nc3cccnn3)CC2)C1(C)C.Cl.Cl. The van der Waals surface area contributed by atoms with Gasteiger partial charge in [0.1, 0.15) is 11.4 Å². The maximum atomic E-state index is 13.0. The second-order valence-corrected chi connectivity index (χ2v) is 7.66. The van der Waals surface area contributed by atoms with Gasteiger partial charge in [-0.25, -0.2) is 0 Å². The smallest absolute Gasteiger partial charge is 0.243 e. The molecule has 1 saturated heterocycles. The van der Waals surface area contributed by atoms with Gasteiger partial charge < -0.3 is 20.7 Å². The average Bonchev–Trinajstić information content (AvgIpc) is 2.62. The van der Waals surface area contributed by atoms with E-state index in [-0.39, 0.29) is 42.2 Å². The molecule has 0 spiro atoms. The predicted octanol–water partition coefficient (Wildman–Crippen LogP) is 2.26. The average molecular weight is 420 g/mol. The highest BCUT2D eigenvalue weighted by Crippen LogP contribution is 2.50. The zero-order valence-corrected chi connectivity index (χ0v) is 17.8. The summed E-state index contributed by atoms with van der Waals surface area (Å²) in [6, 6.07) is 4.07. The van der Waals surface area contributed by atoms with Gasteiger partial charge in [-0.3, -0.25) is 4.79 Å². The van der Waals surface area contributed by atoms with E-state index in [1.165, 1.54) is 0 Å². The highest BCUT2D eigenvalue weighted by molar-refractivity contribution is 5.89. The number of piperidine rings is 1. The molecule has 9 heteroatoms. The predicted molar refractivity (Wildman–Crippen MR) is 110 cm³/mol. The quantitative estimate of drug-likeness (QED) is 0.759. The Kier molecular flexibility index (Phi) is 8.29. The summed E-state index contributed by atoms with van der Waals surface area (Å²) in [4.78, 5) is 15.0. The van der Waals surface area contributed by atoms with Crippen LogP contribution in [0.2, 0.25) is 0 Å². The van der Waals surface area contributed by atoms with Crippen LogP contribution >= 0.6 is 24.8 Å². The first-order chi connectivity index (χ1) is 11.9. The zero-order valence-electron chi connectivity index (χ0n) is 16.2.